The fourth-order valence-electron chi connectivity index (χ4n) is 3.16. The first kappa shape index (κ1) is 15.6. The standard InChI is InChI=1S/C17H23NO3/c1-6-18-10(4)15(11(5)19)14-8-12(17(20)21)7-13(9(2)3)16(14)18/h7-9,11,19H,6H2,1-5H3,(H,20,21). The number of carboxylic acid groups (broad SMARTS) is 1. The maximum atomic E-state index is 11.4. The van der Waals surface area contributed by atoms with Gasteiger partial charge in [-0.05, 0) is 44.4 Å². The van der Waals surface area contributed by atoms with Crippen LogP contribution in [0.4, 0.5) is 0 Å². The summed E-state index contributed by atoms with van der Waals surface area (Å²) in [6.07, 6.45) is -0.621. The fraction of sp³-hybridized carbons (Fsp3) is 0.471. The average Bonchev–Trinajstić information content (AvgIpc) is 2.68. The maximum Gasteiger partial charge on any atom is 0.335 e. The van der Waals surface area contributed by atoms with Gasteiger partial charge in [-0.15, -0.1) is 0 Å². The number of nitrogens with zero attached hydrogens (tertiary/aromatic N) is 1. The molecular weight excluding hydrogens is 266 g/mol. The molecule has 0 spiro atoms. The third kappa shape index (κ3) is 2.44. The highest BCUT2D eigenvalue weighted by atomic mass is 16.4. The molecule has 1 aromatic carbocycles. The molecule has 2 rings (SSSR count). The summed E-state index contributed by atoms with van der Waals surface area (Å²) in [6.45, 7) is 10.7. The van der Waals surface area contributed by atoms with E-state index < -0.39 is 12.1 Å². The topological polar surface area (TPSA) is 62.5 Å². The number of aryl methyl sites for hydroxylation is 1. The minimum Gasteiger partial charge on any atom is -0.478 e. The van der Waals surface area contributed by atoms with Gasteiger partial charge in [0.1, 0.15) is 0 Å². The summed E-state index contributed by atoms with van der Waals surface area (Å²) in [5.41, 5.74) is 4.18. The second-order valence-corrected chi connectivity index (χ2v) is 5.84. The lowest BCUT2D eigenvalue weighted by Crippen LogP contribution is -2.03. The van der Waals surface area contributed by atoms with Gasteiger partial charge in [0, 0.05) is 23.2 Å². The Bertz CT molecular complexity index is 696. The van der Waals surface area contributed by atoms with Crippen LogP contribution in [0, 0.1) is 6.92 Å². The molecule has 21 heavy (non-hydrogen) atoms. The van der Waals surface area contributed by atoms with E-state index in [-0.39, 0.29) is 11.5 Å². The molecule has 0 aliphatic carbocycles. The molecule has 1 aromatic heterocycles. The van der Waals surface area contributed by atoms with Crippen LogP contribution in [0.1, 0.15) is 66.9 Å². The van der Waals surface area contributed by atoms with Crippen molar-refractivity contribution in [1.82, 2.24) is 4.57 Å². The molecule has 2 aromatic rings. The van der Waals surface area contributed by atoms with E-state index in [1.807, 2.05) is 6.92 Å². The number of aromatic carboxylic acids is 1. The summed E-state index contributed by atoms with van der Waals surface area (Å²) < 4.78 is 2.17. The predicted octanol–water partition coefficient (Wildman–Crippen LogP) is 3.84. The zero-order valence-corrected chi connectivity index (χ0v) is 13.3. The van der Waals surface area contributed by atoms with Crippen LogP contribution in [0.15, 0.2) is 12.1 Å². The minimum absolute atomic E-state index is 0.216. The van der Waals surface area contributed by atoms with E-state index in [4.69, 9.17) is 0 Å². The van der Waals surface area contributed by atoms with E-state index in [0.29, 0.717) is 0 Å². The van der Waals surface area contributed by atoms with Crippen LogP contribution >= 0.6 is 0 Å². The van der Waals surface area contributed by atoms with Crippen LogP contribution in [0.2, 0.25) is 0 Å². The normalized spacial score (nSPS) is 13.1. The lowest BCUT2D eigenvalue weighted by Gasteiger charge is -2.13. The summed E-state index contributed by atoms with van der Waals surface area (Å²) in [5, 5.41) is 20.3. The molecular formula is C17H23NO3. The highest BCUT2D eigenvalue weighted by molar-refractivity contribution is 5.97. The van der Waals surface area contributed by atoms with Crippen molar-refractivity contribution in [3.63, 3.8) is 0 Å². The van der Waals surface area contributed by atoms with Crippen molar-refractivity contribution in [3.8, 4) is 0 Å². The molecule has 114 valence electrons. The van der Waals surface area contributed by atoms with E-state index in [1.165, 1.54) is 0 Å². The number of aliphatic hydroxyl groups is 1. The third-order valence-corrected chi connectivity index (χ3v) is 4.10. The van der Waals surface area contributed by atoms with Crippen molar-refractivity contribution >= 4 is 16.9 Å². The number of fused-ring (bicyclic) bond motifs is 1. The molecule has 0 aliphatic heterocycles. The van der Waals surface area contributed by atoms with Crippen molar-refractivity contribution in [2.24, 2.45) is 0 Å². The van der Waals surface area contributed by atoms with Gasteiger partial charge in [0.2, 0.25) is 0 Å². The zero-order chi connectivity index (χ0) is 15.9. The maximum absolute atomic E-state index is 11.4. The fourth-order valence-corrected chi connectivity index (χ4v) is 3.16. The number of benzene rings is 1. The lowest BCUT2D eigenvalue weighted by atomic mass is 9.95. The molecule has 0 bridgehead atoms. The van der Waals surface area contributed by atoms with E-state index in [9.17, 15) is 15.0 Å². The van der Waals surface area contributed by atoms with Crippen molar-refractivity contribution in [1.29, 1.82) is 0 Å². The number of carbonyl (C=O) groups is 1. The van der Waals surface area contributed by atoms with Gasteiger partial charge in [-0.25, -0.2) is 4.79 Å². The van der Waals surface area contributed by atoms with Gasteiger partial charge in [0.25, 0.3) is 0 Å². The number of aliphatic hydroxyl groups excluding tert-OH is 1. The molecule has 1 unspecified atom stereocenters. The van der Waals surface area contributed by atoms with Crippen LogP contribution in [-0.4, -0.2) is 20.7 Å². The Balaban J connectivity index is 3.00. The third-order valence-electron chi connectivity index (χ3n) is 4.10. The van der Waals surface area contributed by atoms with Gasteiger partial charge >= 0.3 is 5.97 Å². The Morgan fingerprint density at radius 2 is 1.90 bits per heavy atom. The summed E-state index contributed by atoms with van der Waals surface area (Å²) in [6, 6.07) is 3.44. The number of rotatable bonds is 4. The Hall–Kier alpha value is -1.81. The number of carboxylic acids is 1. The highest BCUT2D eigenvalue weighted by Crippen LogP contribution is 2.36. The van der Waals surface area contributed by atoms with Crippen LogP contribution < -0.4 is 0 Å². The van der Waals surface area contributed by atoms with Gasteiger partial charge < -0.3 is 14.8 Å². The molecule has 0 fully saturated rings. The second kappa shape index (κ2) is 5.53. The summed E-state index contributed by atoms with van der Waals surface area (Å²) in [7, 11) is 0. The Morgan fingerprint density at radius 1 is 1.29 bits per heavy atom. The number of aromatic nitrogens is 1. The smallest absolute Gasteiger partial charge is 0.335 e. The van der Waals surface area contributed by atoms with E-state index in [0.717, 1.165) is 34.3 Å². The molecule has 2 N–H and O–H groups in total. The molecule has 0 aliphatic rings. The van der Waals surface area contributed by atoms with E-state index in [2.05, 4.69) is 25.3 Å². The molecule has 0 saturated heterocycles. The van der Waals surface area contributed by atoms with Gasteiger partial charge in [-0.3, -0.25) is 0 Å². The molecule has 4 nitrogen and oxygen atoms in total. The van der Waals surface area contributed by atoms with Crippen LogP contribution in [0.3, 0.4) is 0 Å². The average molecular weight is 289 g/mol. The number of hydrogen-bond acceptors (Lipinski definition) is 2. The monoisotopic (exact) mass is 289 g/mol. The first-order valence-corrected chi connectivity index (χ1v) is 7.37. The first-order chi connectivity index (χ1) is 9.79. The van der Waals surface area contributed by atoms with Crippen molar-refractivity contribution in [3.05, 3.63) is 34.5 Å². The zero-order valence-electron chi connectivity index (χ0n) is 13.3. The van der Waals surface area contributed by atoms with Gasteiger partial charge in [0.05, 0.1) is 17.2 Å². The Morgan fingerprint density at radius 3 is 2.33 bits per heavy atom. The molecule has 0 radical (unpaired) electrons. The Labute approximate surface area is 125 Å². The quantitative estimate of drug-likeness (QED) is 0.898. The van der Waals surface area contributed by atoms with Crippen LogP contribution in [-0.2, 0) is 6.54 Å². The molecule has 1 heterocycles. The molecule has 0 saturated carbocycles. The van der Waals surface area contributed by atoms with Crippen LogP contribution in [0.25, 0.3) is 10.9 Å². The largest absolute Gasteiger partial charge is 0.478 e. The minimum atomic E-state index is -0.933. The molecule has 4 heteroatoms. The first-order valence-electron chi connectivity index (χ1n) is 7.37. The lowest BCUT2D eigenvalue weighted by molar-refractivity contribution is 0.0697. The summed E-state index contributed by atoms with van der Waals surface area (Å²) in [5.74, 6) is -0.717. The predicted molar refractivity (Wildman–Crippen MR) is 84.0 cm³/mol. The van der Waals surface area contributed by atoms with Crippen molar-refractivity contribution < 1.29 is 15.0 Å². The van der Waals surface area contributed by atoms with Crippen molar-refractivity contribution in [2.45, 2.75) is 53.2 Å². The SMILES string of the molecule is CCn1c(C)c(C(C)O)c2cc(C(=O)O)cc(C(C)C)c21. The number of hydrogen-bond donors (Lipinski definition) is 2. The van der Waals surface area contributed by atoms with Crippen LogP contribution in [0.5, 0.6) is 0 Å². The molecule has 0 amide bonds. The second-order valence-electron chi connectivity index (χ2n) is 5.84. The van der Waals surface area contributed by atoms with Crippen molar-refractivity contribution in [2.75, 3.05) is 0 Å². The van der Waals surface area contributed by atoms with Gasteiger partial charge in [-0.1, -0.05) is 13.8 Å². The summed E-state index contributed by atoms with van der Waals surface area (Å²) in [4.78, 5) is 11.4. The Kier molecular flexibility index (Phi) is 4.10. The van der Waals surface area contributed by atoms with Gasteiger partial charge in [-0.2, -0.15) is 0 Å². The molecule has 1 atom stereocenters. The van der Waals surface area contributed by atoms with E-state index in [1.54, 1.807) is 19.1 Å². The van der Waals surface area contributed by atoms with Gasteiger partial charge in [0.15, 0.2) is 0 Å². The van der Waals surface area contributed by atoms with E-state index >= 15 is 0 Å². The highest BCUT2D eigenvalue weighted by Gasteiger charge is 2.22. The summed E-state index contributed by atoms with van der Waals surface area (Å²) >= 11 is 0.